The van der Waals surface area contributed by atoms with E-state index in [-0.39, 0.29) is 11.7 Å². The molecule has 0 atom stereocenters. The lowest BCUT2D eigenvalue weighted by molar-refractivity contribution is 0.391. The Balaban J connectivity index is 1.87. The maximum atomic E-state index is 14.0. The van der Waals surface area contributed by atoms with Crippen molar-refractivity contribution >= 4 is 27.2 Å². The largest absolute Gasteiger partial charge is 0.480 e. The summed E-state index contributed by atoms with van der Waals surface area (Å²) in [6.07, 6.45) is 0. The standard InChI is InChI=1S/C27H26N6O3S/c1-31(2)16-20-23-25(34)33(21-13-14-22(36-3)30-29-21)27(35)32(15-17-7-5-4-6-8-17)26(23)37-24(20)18-9-11-19(28)12-10-18/h4-14H,15-16,28H2,1-3H3. The Bertz CT molecular complexity index is 1670. The SMILES string of the molecule is COc1ccc(-n2c(=O)c3c(CN(C)C)c(-c4ccc(N)cc4)sc3n(Cc3ccccc3)c2=O)nn1. The molecule has 188 valence electrons. The number of anilines is 1. The normalized spacial score (nSPS) is 11.4. The summed E-state index contributed by atoms with van der Waals surface area (Å²) in [6, 6.07) is 20.4. The van der Waals surface area contributed by atoms with Gasteiger partial charge in [0.25, 0.3) is 5.56 Å². The van der Waals surface area contributed by atoms with Gasteiger partial charge in [0.05, 0.1) is 19.0 Å². The summed E-state index contributed by atoms with van der Waals surface area (Å²) in [6.45, 7) is 0.802. The highest BCUT2D eigenvalue weighted by atomic mass is 32.1. The monoisotopic (exact) mass is 514 g/mol. The molecule has 37 heavy (non-hydrogen) atoms. The van der Waals surface area contributed by atoms with Crippen LogP contribution >= 0.6 is 11.3 Å². The topological polar surface area (TPSA) is 108 Å². The summed E-state index contributed by atoms with van der Waals surface area (Å²) in [5.74, 6) is 0.424. The average Bonchev–Trinajstić information content (AvgIpc) is 3.26. The first-order valence-corrected chi connectivity index (χ1v) is 12.4. The number of hydrogen-bond acceptors (Lipinski definition) is 8. The fourth-order valence-corrected chi connectivity index (χ4v) is 5.55. The van der Waals surface area contributed by atoms with Gasteiger partial charge in [-0.25, -0.2) is 9.36 Å². The molecule has 0 spiro atoms. The Morgan fingerprint density at radius 3 is 2.32 bits per heavy atom. The number of fused-ring (bicyclic) bond motifs is 1. The van der Waals surface area contributed by atoms with Gasteiger partial charge in [0.1, 0.15) is 4.83 Å². The summed E-state index contributed by atoms with van der Waals surface area (Å²) >= 11 is 1.44. The van der Waals surface area contributed by atoms with E-state index in [0.717, 1.165) is 26.1 Å². The molecule has 3 aromatic heterocycles. The Labute approximate surface area is 217 Å². The minimum Gasteiger partial charge on any atom is -0.480 e. The van der Waals surface area contributed by atoms with Crippen molar-refractivity contribution in [1.29, 1.82) is 0 Å². The minimum atomic E-state index is -0.484. The molecule has 0 unspecified atom stereocenters. The molecule has 0 fully saturated rings. The predicted molar refractivity (Wildman–Crippen MR) is 147 cm³/mol. The third-order valence-electron chi connectivity index (χ3n) is 5.97. The van der Waals surface area contributed by atoms with Crippen molar-refractivity contribution in [2.45, 2.75) is 13.1 Å². The second kappa shape index (κ2) is 10.00. The highest BCUT2D eigenvalue weighted by Gasteiger charge is 2.24. The van der Waals surface area contributed by atoms with Crippen LogP contribution in [0.25, 0.3) is 26.5 Å². The molecule has 3 heterocycles. The molecule has 2 aromatic carbocycles. The molecule has 0 bridgehead atoms. The van der Waals surface area contributed by atoms with Crippen molar-refractivity contribution in [2.24, 2.45) is 0 Å². The van der Waals surface area contributed by atoms with Crippen molar-refractivity contribution in [3.05, 3.63) is 98.7 Å². The molecular weight excluding hydrogens is 488 g/mol. The zero-order valence-electron chi connectivity index (χ0n) is 20.7. The number of nitrogens with zero attached hydrogens (tertiary/aromatic N) is 5. The van der Waals surface area contributed by atoms with Gasteiger partial charge < -0.3 is 15.4 Å². The smallest absolute Gasteiger partial charge is 0.338 e. The molecule has 0 aliphatic rings. The Morgan fingerprint density at radius 2 is 1.70 bits per heavy atom. The second-order valence-corrected chi connectivity index (χ2v) is 9.88. The van der Waals surface area contributed by atoms with E-state index in [9.17, 15) is 9.59 Å². The second-order valence-electron chi connectivity index (χ2n) is 8.88. The summed E-state index contributed by atoms with van der Waals surface area (Å²) in [5.41, 5.74) is 8.38. The van der Waals surface area contributed by atoms with Crippen LogP contribution in [0.1, 0.15) is 11.1 Å². The van der Waals surface area contributed by atoms with Crippen LogP contribution in [0.4, 0.5) is 5.69 Å². The van der Waals surface area contributed by atoms with Crippen molar-refractivity contribution < 1.29 is 4.74 Å². The number of hydrogen-bond donors (Lipinski definition) is 1. The molecule has 0 aliphatic carbocycles. The molecule has 10 heteroatoms. The number of thiophene rings is 1. The van der Waals surface area contributed by atoms with E-state index in [1.54, 1.807) is 16.7 Å². The molecule has 0 radical (unpaired) electrons. The number of methoxy groups -OCH3 is 1. The number of ether oxygens (including phenoxy) is 1. The van der Waals surface area contributed by atoms with Gasteiger partial charge in [0.15, 0.2) is 5.82 Å². The van der Waals surface area contributed by atoms with Gasteiger partial charge in [-0.1, -0.05) is 42.5 Å². The zero-order valence-corrected chi connectivity index (χ0v) is 21.5. The Morgan fingerprint density at radius 1 is 0.973 bits per heavy atom. The molecule has 5 aromatic rings. The van der Waals surface area contributed by atoms with Crippen molar-refractivity contribution in [3.63, 3.8) is 0 Å². The van der Waals surface area contributed by atoms with E-state index in [1.165, 1.54) is 18.4 Å². The maximum absolute atomic E-state index is 14.0. The Kier molecular flexibility index (Phi) is 6.60. The first-order valence-electron chi connectivity index (χ1n) is 11.6. The molecule has 0 saturated heterocycles. The van der Waals surface area contributed by atoms with Crippen molar-refractivity contribution in [2.75, 3.05) is 26.9 Å². The highest BCUT2D eigenvalue weighted by Crippen LogP contribution is 2.38. The van der Waals surface area contributed by atoms with Crippen LogP contribution in [0.3, 0.4) is 0 Å². The Hall–Kier alpha value is -4.28. The van der Waals surface area contributed by atoms with Gasteiger partial charge in [0, 0.05) is 23.2 Å². The molecular formula is C27H26N6O3S. The minimum absolute atomic E-state index is 0.135. The average molecular weight is 515 g/mol. The molecule has 0 saturated carbocycles. The lowest BCUT2D eigenvalue weighted by atomic mass is 10.1. The summed E-state index contributed by atoms with van der Waals surface area (Å²) < 4.78 is 7.84. The first-order chi connectivity index (χ1) is 17.9. The van der Waals surface area contributed by atoms with Gasteiger partial charge in [-0.15, -0.1) is 21.5 Å². The molecule has 0 aliphatic heterocycles. The summed E-state index contributed by atoms with van der Waals surface area (Å²) in [4.78, 5) is 31.5. The first kappa shape index (κ1) is 24.4. The van der Waals surface area contributed by atoms with Crippen LogP contribution in [0, 0.1) is 0 Å². The third kappa shape index (κ3) is 4.64. The van der Waals surface area contributed by atoms with Gasteiger partial charge >= 0.3 is 5.69 Å². The van der Waals surface area contributed by atoms with Crippen LogP contribution in [-0.4, -0.2) is 45.4 Å². The van der Waals surface area contributed by atoms with E-state index in [0.29, 0.717) is 29.0 Å². The van der Waals surface area contributed by atoms with E-state index in [1.807, 2.05) is 73.6 Å². The van der Waals surface area contributed by atoms with Crippen LogP contribution in [0.5, 0.6) is 5.88 Å². The molecule has 0 amide bonds. The van der Waals surface area contributed by atoms with Gasteiger partial charge in [0.2, 0.25) is 5.88 Å². The number of aromatic nitrogens is 4. The van der Waals surface area contributed by atoms with Gasteiger partial charge in [-0.3, -0.25) is 9.36 Å². The molecule has 9 nitrogen and oxygen atoms in total. The van der Waals surface area contributed by atoms with Crippen LogP contribution < -0.4 is 21.7 Å². The van der Waals surface area contributed by atoms with Gasteiger partial charge in [-0.2, -0.15) is 0 Å². The van der Waals surface area contributed by atoms with Crippen molar-refractivity contribution in [1.82, 2.24) is 24.2 Å². The quantitative estimate of drug-likeness (QED) is 0.332. The molecule has 2 N–H and O–H groups in total. The van der Waals surface area contributed by atoms with Gasteiger partial charge in [-0.05, 0) is 49.0 Å². The lowest BCUT2D eigenvalue weighted by Gasteiger charge is -2.14. The third-order valence-corrected chi connectivity index (χ3v) is 7.27. The lowest BCUT2D eigenvalue weighted by Crippen LogP contribution is -2.39. The van der Waals surface area contributed by atoms with Crippen LogP contribution in [-0.2, 0) is 13.1 Å². The predicted octanol–water partition coefficient (Wildman–Crippen LogP) is 3.37. The van der Waals surface area contributed by atoms with E-state index >= 15 is 0 Å². The fourth-order valence-electron chi connectivity index (χ4n) is 4.25. The fraction of sp³-hybridized carbons (Fsp3) is 0.185. The number of nitrogen functional groups attached to an aromatic ring is 1. The number of benzene rings is 2. The summed E-state index contributed by atoms with van der Waals surface area (Å²) in [5, 5.41) is 8.58. The summed E-state index contributed by atoms with van der Waals surface area (Å²) in [7, 11) is 5.37. The van der Waals surface area contributed by atoms with Crippen LogP contribution in [0.2, 0.25) is 0 Å². The zero-order chi connectivity index (χ0) is 26.1. The maximum Gasteiger partial charge on any atom is 0.338 e. The highest BCUT2D eigenvalue weighted by molar-refractivity contribution is 7.22. The van der Waals surface area contributed by atoms with Crippen molar-refractivity contribution in [3.8, 4) is 22.1 Å². The van der Waals surface area contributed by atoms with E-state index in [2.05, 4.69) is 10.2 Å². The number of rotatable bonds is 7. The molecule has 5 rings (SSSR count). The van der Waals surface area contributed by atoms with E-state index in [4.69, 9.17) is 10.5 Å². The number of nitrogens with two attached hydrogens (primary N) is 1. The van der Waals surface area contributed by atoms with Crippen LogP contribution in [0.15, 0.2) is 76.3 Å². The van der Waals surface area contributed by atoms with E-state index < -0.39 is 11.2 Å².